The van der Waals surface area contributed by atoms with Crippen molar-refractivity contribution in [3.8, 4) is 5.88 Å². The summed E-state index contributed by atoms with van der Waals surface area (Å²) in [7, 11) is 5.07. The molecule has 16 heavy (non-hydrogen) atoms. The highest BCUT2D eigenvalue weighted by Gasteiger charge is 2.18. The van der Waals surface area contributed by atoms with Gasteiger partial charge in [0, 0.05) is 25.9 Å². The number of pyridine rings is 1. The number of anilines is 1. The van der Waals surface area contributed by atoms with Crippen molar-refractivity contribution in [2.75, 3.05) is 26.1 Å². The van der Waals surface area contributed by atoms with Crippen LogP contribution in [0.15, 0.2) is 18.8 Å². The van der Waals surface area contributed by atoms with Crippen molar-refractivity contribution in [2.45, 2.75) is 0 Å². The molecule has 5 nitrogen and oxygen atoms in total. The van der Waals surface area contributed by atoms with Crippen molar-refractivity contribution >= 4 is 17.2 Å². The second kappa shape index (κ2) is 4.65. The van der Waals surface area contributed by atoms with E-state index in [1.807, 2.05) is 0 Å². The van der Waals surface area contributed by atoms with Gasteiger partial charge in [-0.1, -0.05) is 6.58 Å². The summed E-state index contributed by atoms with van der Waals surface area (Å²) in [6.07, 6.45) is 1.50. The minimum Gasteiger partial charge on any atom is -0.480 e. The van der Waals surface area contributed by atoms with E-state index >= 15 is 0 Å². The van der Waals surface area contributed by atoms with Crippen LogP contribution in [0.25, 0.3) is 5.57 Å². The summed E-state index contributed by atoms with van der Waals surface area (Å²) in [4.78, 5) is 16.7. The average molecular weight is 222 g/mol. The van der Waals surface area contributed by atoms with Crippen molar-refractivity contribution in [2.24, 2.45) is 0 Å². The van der Waals surface area contributed by atoms with Gasteiger partial charge in [0.05, 0.1) is 12.7 Å². The van der Waals surface area contributed by atoms with E-state index in [-0.39, 0.29) is 5.57 Å². The summed E-state index contributed by atoms with van der Waals surface area (Å²) in [5.74, 6) is -0.679. The van der Waals surface area contributed by atoms with Crippen molar-refractivity contribution in [3.63, 3.8) is 0 Å². The summed E-state index contributed by atoms with van der Waals surface area (Å²) in [6, 6.07) is 1.61. The molecule has 0 aromatic carbocycles. The highest BCUT2D eigenvalue weighted by molar-refractivity contribution is 6.16. The summed E-state index contributed by atoms with van der Waals surface area (Å²) in [6.45, 7) is 3.53. The maximum absolute atomic E-state index is 10.9. The lowest BCUT2D eigenvalue weighted by Crippen LogP contribution is -2.14. The molecule has 0 aliphatic carbocycles. The second-order valence-corrected chi connectivity index (χ2v) is 3.39. The zero-order chi connectivity index (χ0) is 12.3. The molecule has 0 saturated carbocycles. The normalized spacial score (nSPS) is 9.69. The molecule has 0 fully saturated rings. The molecule has 1 heterocycles. The van der Waals surface area contributed by atoms with Crippen LogP contribution in [0.5, 0.6) is 5.88 Å². The molecule has 0 bridgehead atoms. The number of carboxylic acid groups (broad SMARTS) is 1. The number of carboxylic acids is 1. The number of nitrogens with zero attached hydrogens (tertiary/aromatic N) is 2. The Bertz CT molecular complexity index is 427. The van der Waals surface area contributed by atoms with E-state index in [0.717, 1.165) is 0 Å². The first kappa shape index (κ1) is 12.0. The van der Waals surface area contributed by atoms with Crippen LogP contribution in [-0.2, 0) is 4.79 Å². The highest BCUT2D eigenvalue weighted by Crippen LogP contribution is 2.32. The van der Waals surface area contributed by atoms with Crippen LogP contribution >= 0.6 is 0 Å². The molecular weight excluding hydrogens is 208 g/mol. The lowest BCUT2D eigenvalue weighted by molar-refractivity contribution is -0.130. The Balaban J connectivity index is 3.38. The molecule has 0 radical (unpaired) electrons. The van der Waals surface area contributed by atoms with E-state index in [2.05, 4.69) is 11.6 Å². The number of hydrogen-bond acceptors (Lipinski definition) is 4. The monoisotopic (exact) mass is 222 g/mol. The van der Waals surface area contributed by atoms with Crippen LogP contribution in [0.4, 0.5) is 5.69 Å². The third-order valence-corrected chi connectivity index (χ3v) is 2.11. The van der Waals surface area contributed by atoms with Gasteiger partial charge in [-0.25, -0.2) is 9.78 Å². The number of aliphatic carboxylic acids is 1. The molecule has 0 aliphatic heterocycles. The standard InChI is InChI=1S/C11H14N2O3/c1-7(11(14)15)8-5-6-12-10(16-4)9(8)13(2)3/h5-6H,1H2,2-4H3,(H,14,15). The van der Waals surface area contributed by atoms with E-state index < -0.39 is 5.97 Å². The smallest absolute Gasteiger partial charge is 0.335 e. The maximum atomic E-state index is 10.9. The predicted molar refractivity (Wildman–Crippen MR) is 61.8 cm³/mol. The van der Waals surface area contributed by atoms with E-state index in [1.54, 1.807) is 25.1 Å². The van der Waals surface area contributed by atoms with Crippen LogP contribution in [0.1, 0.15) is 5.56 Å². The first-order valence-electron chi connectivity index (χ1n) is 4.62. The van der Waals surface area contributed by atoms with Crippen LogP contribution < -0.4 is 9.64 Å². The Morgan fingerprint density at radius 1 is 1.56 bits per heavy atom. The van der Waals surface area contributed by atoms with Gasteiger partial charge in [-0.05, 0) is 6.07 Å². The second-order valence-electron chi connectivity index (χ2n) is 3.39. The molecule has 86 valence electrons. The van der Waals surface area contributed by atoms with Crippen molar-refractivity contribution in [1.82, 2.24) is 4.98 Å². The first-order valence-corrected chi connectivity index (χ1v) is 4.62. The van der Waals surface area contributed by atoms with Crippen LogP contribution in [0.2, 0.25) is 0 Å². The van der Waals surface area contributed by atoms with E-state index in [1.165, 1.54) is 13.3 Å². The molecule has 0 unspecified atom stereocenters. The number of rotatable bonds is 4. The molecular formula is C11H14N2O3. The van der Waals surface area contributed by atoms with Crippen molar-refractivity contribution < 1.29 is 14.6 Å². The molecule has 1 aromatic heterocycles. The zero-order valence-electron chi connectivity index (χ0n) is 9.52. The van der Waals surface area contributed by atoms with Gasteiger partial charge in [0.25, 0.3) is 0 Å². The Labute approximate surface area is 94.0 Å². The summed E-state index contributed by atoms with van der Waals surface area (Å²) < 4.78 is 5.09. The molecule has 1 rings (SSSR count). The average Bonchev–Trinajstić information content (AvgIpc) is 2.26. The van der Waals surface area contributed by atoms with Crippen molar-refractivity contribution in [1.29, 1.82) is 0 Å². The van der Waals surface area contributed by atoms with Crippen LogP contribution in [0.3, 0.4) is 0 Å². The van der Waals surface area contributed by atoms with Gasteiger partial charge in [-0.2, -0.15) is 0 Å². The SMILES string of the molecule is C=C(C(=O)O)c1ccnc(OC)c1N(C)C. The fourth-order valence-corrected chi connectivity index (χ4v) is 1.38. The topological polar surface area (TPSA) is 62.7 Å². The first-order chi connectivity index (χ1) is 7.49. The fourth-order valence-electron chi connectivity index (χ4n) is 1.38. The predicted octanol–water partition coefficient (Wildman–Crippen LogP) is 1.25. The third kappa shape index (κ3) is 2.13. The van der Waals surface area contributed by atoms with Crippen molar-refractivity contribution in [3.05, 3.63) is 24.4 Å². The maximum Gasteiger partial charge on any atom is 0.335 e. The van der Waals surface area contributed by atoms with Gasteiger partial charge < -0.3 is 14.7 Å². The number of hydrogen-bond donors (Lipinski definition) is 1. The zero-order valence-corrected chi connectivity index (χ0v) is 9.52. The van der Waals surface area contributed by atoms with Gasteiger partial charge in [-0.15, -0.1) is 0 Å². The van der Waals surface area contributed by atoms with Crippen LogP contribution in [0, 0.1) is 0 Å². The van der Waals surface area contributed by atoms with Gasteiger partial charge >= 0.3 is 5.97 Å². The quantitative estimate of drug-likeness (QED) is 0.777. The summed E-state index contributed by atoms with van der Waals surface area (Å²) in [5.41, 5.74) is 1.13. The molecule has 0 saturated heterocycles. The largest absolute Gasteiger partial charge is 0.480 e. The van der Waals surface area contributed by atoms with Gasteiger partial charge in [0.2, 0.25) is 5.88 Å². The number of aromatic nitrogens is 1. The summed E-state index contributed by atoms with van der Waals surface area (Å²) in [5, 5.41) is 8.93. The molecule has 1 aromatic rings. The van der Waals surface area contributed by atoms with E-state index in [9.17, 15) is 4.79 Å². The Morgan fingerprint density at radius 3 is 2.62 bits per heavy atom. The molecule has 0 amide bonds. The Kier molecular flexibility index (Phi) is 3.50. The van der Waals surface area contributed by atoms with E-state index in [0.29, 0.717) is 17.1 Å². The minimum absolute atomic E-state index is 0.0180. The van der Waals surface area contributed by atoms with Gasteiger partial charge in [0.1, 0.15) is 5.69 Å². The lowest BCUT2D eigenvalue weighted by Gasteiger charge is -2.19. The molecule has 0 aliphatic rings. The number of ether oxygens (including phenoxy) is 1. The van der Waals surface area contributed by atoms with Gasteiger partial charge in [-0.3, -0.25) is 0 Å². The Morgan fingerprint density at radius 2 is 2.19 bits per heavy atom. The molecule has 0 spiro atoms. The molecule has 0 atom stereocenters. The lowest BCUT2D eigenvalue weighted by atomic mass is 10.1. The molecule has 1 N–H and O–H groups in total. The third-order valence-electron chi connectivity index (χ3n) is 2.11. The van der Waals surface area contributed by atoms with Crippen LogP contribution in [-0.4, -0.2) is 37.3 Å². The number of carbonyl (C=O) groups is 1. The minimum atomic E-state index is -1.06. The highest BCUT2D eigenvalue weighted by atomic mass is 16.5. The fraction of sp³-hybridized carbons (Fsp3) is 0.273. The molecule has 5 heteroatoms. The van der Waals surface area contributed by atoms with Gasteiger partial charge in [0.15, 0.2) is 0 Å². The Hall–Kier alpha value is -2.04. The number of methoxy groups -OCH3 is 1. The summed E-state index contributed by atoms with van der Waals surface area (Å²) >= 11 is 0. The van der Waals surface area contributed by atoms with E-state index in [4.69, 9.17) is 9.84 Å².